The Balaban J connectivity index is 1.53. The van der Waals surface area contributed by atoms with Crippen LogP contribution in [-0.4, -0.2) is 42.9 Å². The van der Waals surface area contributed by atoms with Crippen molar-refractivity contribution < 1.29 is 14.4 Å². The molecule has 0 saturated carbocycles. The molecule has 0 bridgehead atoms. The van der Waals surface area contributed by atoms with Crippen LogP contribution in [-0.2, 0) is 9.59 Å². The maximum absolute atomic E-state index is 12.9. The highest BCUT2D eigenvalue weighted by Crippen LogP contribution is 2.23. The minimum Gasteiger partial charge on any atom is -0.371 e. The van der Waals surface area contributed by atoms with E-state index in [9.17, 15) is 14.4 Å². The van der Waals surface area contributed by atoms with Gasteiger partial charge in [-0.25, -0.2) is 0 Å². The molecule has 1 fully saturated rings. The van der Waals surface area contributed by atoms with Crippen molar-refractivity contribution in [1.29, 1.82) is 0 Å². The Kier molecular flexibility index (Phi) is 8.87. The summed E-state index contributed by atoms with van der Waals surface area (Å²) in [5.41, 5.74) is 2.37. The molecule has 2 aromatic carbocycles. The molecule has 3 rings (SSSR count). The van der Waals surface area contributed by atoms with Crippen LogP contribution in [0.1, 0.15) is 56.3 Å². The van der Waals surface area contributed by atoms with Crippen molar-refractivity contribution in [2.75, 3.05) is 23.3 Å². The van der Waals surface area contributed by atoms with Crippen LogP contribution in [0.2, 0.25) is 0 Å². The van der Waals surface area contributed by atoms with Crippen molar-refractivity contribution in [2.45, 2.75) is 58.0 Å². The van der Waals surface area contributed by atoms with E-state index in [2.05, 4.69) is 26.9 Å². The van der Waals surface area contributed by atoms with Crippen LogP contribution in [0.4, 0.5) is 11.4 Å². The Labute approximate surface area is 195 Å². The van der Waals surface area contributed by atoms with Gasteiger partial charge in [-0.15, -0.1) is 0 Å². The molecule has 0 aliphatic carbocycles. The molecule has 176 valence electrons. The molecule has 0 radical (unpaired) electrons. The number of rotatable bonds is 10. The molecule has 1 aliphatic heterocycles. The number of amides is 3. The van der Waals surface area contributed by atoms with Crippen LogP contribution in [0, 0.1) is 0 Å². The molecule has 2 unspecified atom stereocenters. The predicted octanol–water partition coefficient (Wildman–Crippen LogP) is 3.72. The van der Waals surface area contributed by atoms with Crippen molar-refractivity contribution in [2.24, 2.45) is 0 Å². The summed E-state index contributed by atoms with van der Waals surface area (Å²) in [7, 11) is 0. The lowest BCUT2D eigenvalue weighted by molar-refractivity contribution is -0.126. The summed E-state index contributed by atoms with van der Waals surface area (Å²) in [5.74, 6) is -0.725. The third-order valence-corrected chi connectivity index (χ3v) is 5.72. The van der Waals surface area contributed by atoms with Gasteiger partial charge in [0.25, 0.3) is 5.91 Å². The molecule has 0 aromatic heterocycles. The third-order valence-electron chi connectivity index (χ3n) is 5.72. The van der Waals surface area contributed by atoms with E-state index in [1.54, 1.807) is 31.2 Å². The second-order valence-corrected chi connectivity index (χ2v) is 8.59. The summed E-state index contributed by atoms with van der Waals surface area (Å²) >= 11 is 0. The molecule has 0 spiro atoms. The van der Waals surface area contributed by atoms with Crippen LogP contribution >= 0.6 is 0 Å². The highest BCUT2D eigenvalue weighted by Gasteiger charge is 2.22. The fourth-order valence-corrected chi connectivity index (χ4v) is 4.02. The zero-order valence-electron chi connectivity index (χ0n) is 19.5. The average Bonchev–Trinajstić information content (AvgIpc) is 3.34. The Morgan fingerprint density at radius 1 is 0.970 bits per heavy atom. The van der Waals surface area contributed by atoms with Crippen molar-refractivity contribution in [3.05, 3.63) is 60.2 Å². The molecular formula is C26H34N4O3. The first kappa shape index (κ1) is 24.3. The molecule has 7 heteroatoms. The second kappa shape index (κ2) is 12.0. The predicted molar refractivity (Wildman–Crippen MR) is 131 cm³/mol. The van der Waals surface area contributed by atoms with Crippen LogP contribution in [0.25, 0.3) is 0 Å². The fraction of sp³-hybridized carbons (Fsp3) is 0.423. The van der Waals surface area contributed by atoms with E-state index >= 15 is 0 Å². The molecule has 1 aliphatic rings. The summed E-state index contributed by atoms with van der Waals surface area (Å²) in [4.78, 5) is 40.1. The lowest BCUT2D eigenvalue weighted by atomic mass is 10.1. The number of nitrogens with one attached hydrogen (secondary N) is 3. The summed E-state index contributed by atoms with van der Waals surface area (Å²) in [6.45, 7) is 5.82. The van der Waals surface area contributed by atoms with E-state index in [0.29, 0.717) is 12.0 Å². The Morgan fingerprint density at radius 3 is 2.39 bits per heavy atom. The number of nitrogens with zero attached hydrogens (tertiary/aromatic N) is 1. The SMILES string of the molecule is CCCC(NC(=O)CC(C)NC(=O)c1ccccc1)C(=O)Nc1cccc(N2CCCC2)c1. The Bertz CT molecular complexity index is 942. The highest BCUT2D eigenvalue weighted by atomic mass is 16.2. The molecule has 1 heterocycles. The normalized spacial score (nSPS) is 14.9. The largest absolute Gasteiger partial charge is 0.371 e. The zero-order valence-corrected chi connectivity index (χ0v) is 19.5. The highest BCUT2D eigenvalue weighted by molar-refractivity contribution is 5.98. The first-order chi connectivity index (χ1) is 16.0. The van der Waals surface area contributed by atoms with Gasteiger partial charge >= 0.3 is 0 Å². The van der Waals surface area contributed by atoms with Gasteiger partial charge in [0.2, 0.25) is 11.8 Å². The Hall–Kier alpha value is -3.35. The number of hydrogen-bond donors (Lipinski definition) is 3. The van der Waals surface area contributed by atoms with Gasteiger partial charge in [0.15, 0.2) is 0 Å². The van der Waals surface area contributed by atoms with Gasteiger partial charge in [-0.05, 0) is 56.5 Å². The first-order valence-electron chi connectivity index (χ1n) is 11.8. The van der Waals surface area contributed by atoms with E-state index in [-0.39, 0.29) is 30.2 Å². The van der Waals surface area contributed by atoms with E-state index in [1.807, 2.05) is 31.2 Å². The van der Waals surface area contributed by atoms with Crippen molar-refractivity contribution in [3.63, 3.8) is 0 Å². The lowest BCUT2D eigenvalue weighted by Crippen LogP contribution is -2.46. The van der Waals surface area contributed by atoms with Crippen molar-refractivity contribution in [1.82, 2.24) is 10.6 Å². The summed E-state index contributed by atoms with van der Waals surface area (Å²) in [6.07, 6.45) is 3.76. The topological polar surface area (TPSA) is 90.5 Å². The standard InChI is InChI=1S/C26H34N4O3/c1-3-10-23(26(33)28-21-13-9-14-22(18-21)30-15-7-8-16-30)29-24(31)17-19(2)27-25(32)20-11-5-4-6-12-20/h4-6,9,11-14,18-19,23H,3,7-8,10,15-17H2,1-2H3,(H,27,32)(H,28,33)(H,29,31). The lowest BCUT2D eigenvalue weighted by Gasteiger charge is -2.21. The zero-order chi connectivity index (χ0) is 23.6. The monoisotopic (exact) mass is 450 g/mol. The van der Waals surface area contributed by atoms with Crippen LogP contribution in [0.15, 0.2) is 54.6 Å². The summed E-state index contributed by atoms with van der Waals surface area (Å²) in [5, 5.41) is 8.62. The van der Waals surface area contributed by atoms with Gasteiger partial charge in [0.05, 0.1) is 0 Å². The van der Waals surface area contributed by atoms with Crippen molar-refractivity contribution >= 4 is 29.1 Å². The van der Waals surface area contributed by atoms with Gasteiger partial charge < -0.3 is 20.9 Å². The minimum absolute atomic E-state index is 0.0938. The van der Waals surface area contributed by atoms with E-state index < -0.39 is 6.04 Å². The molecule has 7 nitrogen and oxygen atoms in total. The molecule has 33 heavy (non-hydrogen) atoms. The maximum atomic E-state index is 12.9. The number of anilines is 2. The van der Waals surface area contributed by atoms with E-state index in [1.165, 1.54) is 12.8 Å². The summed E-state index contributed by atoms with van der Waals surface area (Å²) in [6, 6.07) is 15.7. The smallest absolute Gasteiger partial charge is 0.251 e. The number of hydrogen-bond acceptors (Lipinski definition) is 4. The molecule has 3 N–H and O–H groups in total. The molecule has 2 aromatic rings. The van der Waals surface area contributed by atoms with Gasteiger partial charge in [-0.3, -0.25) is 14.4 Å². The average molecular weight is 451 g/mol. The van der Waals surface area contributed by atoms with Gasteiger partial charge in [-0.2, -0.15) is 0 Å². The number of carbonyl (C=O) groups is 3. The molecule has 2 atom stereocenters. The first-order valence-corrected chi connectivity index (χ1v) is 11.8. The quantitative estimate of drug-likeness (QED) is 0.515. The van der Waals surface area contributed by atoms with Crippen LogP contribution < -0.4 is 20.9 Å². The molecular weight excluding hydrogens is 416 g/mol. The maximum Gasteiger partial charge on any atom is 0.251 e. The third kappa shape index (κ3) is 7.34. The van der Waals surface area contributed by atoms with Crippen LogP contribution in [0.3, 0.4) is 0 Å². The summed E-state index contributed by atoms with van der Waals surface area (Å²) < 4.78 is 0. The number of carbonyl (C=O) groups excluding carboxylic acids is 3. The van der Waals surface area contributed by atoms with E-state index in [4.69, 9.17) is 0 Å². The molecule has 1 saturated heterocycles. The van der Waals surface area contributed by atoms with Crippen LogP contribution in [0.5, 0.6) is 0 Å². The minimum atomic E-state index is -0.630. The number of benzene rings is 2. The molecule has 3 amide bonds. The van der Waals surface area contributed by atoms with E-state index in [0.717, 1.165) is 30.9 Å². The Morgan fingerprint density at radius 2 is 1.70 bits per heavy atom. The van der Waals surface area contributed by atoms with Gasteiger partial charge in [0.1, 0.15) is 6.04 Å². The van der Waals surface area contributed by atoms with Gasteiger partial charge in [-0.1, -0.05) is 37.6 Å². The second-order valence-electron chi connectivity index (χ2n) is 8.59. The van der Waals surface area contributed by atoms with Gasteiger partial charge in [0, 0.05) is 42.5 Å². The van der Waals surface area contributed by atoms with Crippen molar-refractivity contribution in [3.8, 4) is 0 Å². The fourth-order valence-electron chi connectivity index (χ4n) is 4.02.